The first-order valence-electron chi connectivity index (χ1n) is 11.0. The van der Waals surface area contributed by atoms with Crippen LogP contribution >= 0.6 is 11.6 Å². The highest BCUT2D eigenvalue weighted by Crippen LogP contribution is 2.24. The van der Waals surface area contributed by atoms with Crippen LogP contribution in [-0.2, 0) is 9.59 Å². The minimum atomic E-state index is -0.919. The molecule has 0 fully saturated rings. The van der Waals surface area contributed by atoms with Gasteiger partial charge in [-0.2, -0.15) is 0 Å². The van der Waals surface area contributed by atoms with Crippen LogP contribution < -0.4 is 16.1 Å². The summed E-state index contributed by atoms with van der Waals surface area (Å²) in [4.78, 5) is 38.7. The molecule has 7 nitrogen and oxygen atoms in total. The second-order valence-corrected chi connectivity index (χ2v) is 9.05. The number of aromatic nitrogens is 1. The first-order chi connectivity index (χ1) is 16.6. The van der Waals surface area contributed by atoms with Gasteiger partial charge in [0.2, 0.25) is 0 Å². The number of nitrogens with one attached hydrogen (secondary N) is 3. The minimum absolute atomic E-state index is 0.148. The Balaban J connectivity index is 1.64. The highest BCUT2D eigenvalue weighted by molar-refractivity contribution is 6.42. The third-order valence-electron chi connectivity index (χ3n) is 5.53. The highest BCUT2D eigenvalue weighted by Gasteiger charge is 2.21. The summed E-state index contributed by atoms with van der Waals surface area (Å²) in [6.45, 7) is 7.68. The second-order valence-electron chi connectivity index (χ2n) is 8.61. The second kappa shape index (κ2) is 9.64. The lowest BCUT2D eigenvalue weighted by Crippen LogP contribution is -2.36. The summed E-state index contributed by atoms with van der Waals surface area (Å²) in [5.41, 5.74) is 8.28. The Kier molecular flexibility index (Phi) is 6.62. The summed E-state index contributed by atoms with van der Waals surface area (Å²) >= 11 is 6.14. The van der Waals surface area contributed by atoms with Crippen LogP contribution in [0, 0.1) is 27.7 Å². The smallest absolute Gasteiger partial charge is 0.320 e. The molecule has 1 heterocycles. The van der Waals surface area contributed by atoms with Gasteiger partial charge in [-0.3, -0.25) is 19.8 Å². The molecule has 178 valence electrons. The van der Waals surface area contributed by atoms with Crippen LogP contribution in [0.1, 0.15) is 32.7 Å². The van der Waals surface area contributed by atoms with E-state index in [4.69, 9.17) is 11.6 Å². The van der Waals surface area contributed by atoms with Gasteiger partial charge in [0.1, 0.15) is 5.69 Å². The SMILES string of the molecule is Cc1cc(C)cc(NC(=O)C(=O)Nn2c(C(=O)Nc3ccc(C)cc3C)cc3cc(Cl)ccc32)c1. The molecule has 0 saturated heterocycles. The Labute approximate surface area is 208 Å². The number of carbonyl (C=O) groups is 3. The maximum Gasteiger partial charge on any atom is 0.328 e. The molecule has 0 bridgehead atoms. The quantitative estimate of drug-likeness (QED) is 0.332. The van der Waals surface area contributed by atoms with E-state index < -0.39 is 17.7 Å². The largest absolute Gasteiger partial charge is 0.328 e. The van der Waals surface area contributed by atoms with E-state index >= 15 is 0 Å². The summed E-state index contributed by atoms with van der Waals surface area (Å²) in [5, 5.41) is 6.61. The molecular formula is C27H25ClN4O3. The molecule has 0 unspecified atom stereocenters. The first-order valence-corrected chi connectivity index (χ1v) is 11.4. The molecule has 3 amide bonds. The van der Waals surface area contributed by atoms with Crippen molar-refractivity contribution < 1.29 is 14.4 Å². The number of fused-ring (bicyclic) bond motifs is 1. The van der Waals surface area contributed by atoms with E-state index in [0.29, 0.717) is 27.3 Å². The Morgan fingerprint density at radius 3 is 2.14 bits per heavy atom. The average Bonchev–Trinajstić information content (AvgIpc) is 3.12. The zero-order chi connectivity index (χ0) is 25.3. The lowest BCUT2D eigenvalue weighted by atomic mass is 10.1. The van der Waals surface area contributed by atoms with Gasteiger partial charge in [-0.05, 0) is 86.8 Å². The number of carbonyl (C=O) groups excluding carboxylic acids is 3. The van der Waals surface area contributed by atoms with Gasteiger partial charge in [0, 0.05) is 21.8 Å². The molecule has 0 saturated carbocycles. The number of anilines is 2. The van der Waals surface area contributed by atoms with Crippen molar-refractivity contribution in [1.29, 1.82) is 0 Å². The normalized spacial score (nSPS) is 10.8. The maximum atomic E-state index is 13.2. The van der Waals surface area contributed by atoms with E-state index in [0.717, 1.165) is 22.3 Å². The van der Waals surface area contributed by atoms with E-state index in [1.807, 2.05) is 52.0 Å². The standard InChI is InChI=1S/C27H25ClN4O3/c1-15-5-7-22(18(4)10-15)30-25(33)24-14-19-13-20(28)6-8-23(19)32(24)31-27(35)26(34)29-21-11-16(2)9-17(3)12-21/h5-14H,1-4H3,(H,29,34)(H,30,33)(H,31,35). The third-order valence-corrected chi connectivity index (χ3v) is 5.76. The van der Waals surface area contributed by atoms with Crippen LogP contribution in [0.4, 0.5) is 11.4 Å². The molecule has 1 aromatic heterocycles. The molecule has 0 aliphatic carbocycles. The number of hydrogen-bond acceptors (Lipinski definition) is 3. The van der Waals surface area contributed by atoms with Crippen molar-refractivity contribution in [3.8, 4) is 0 Å². The number of amides is 3. The van der Waals surface area contributed by atoms with Gasteiger partial charge in [0.05, 0.1) is 5.52 Å². The van der Waals surface area contributed by atoms with E-state index in [1.165, 1.54) is 4.68 Å². The number of nitrogens with zero attached hydrogens (tertiary/aromatic N) is 1. The number of halogens is 1. The summed E-state index contributed by atoms with van der Waals surface area (Å²) < 4.78 is 1.30. The van der Waals surface area contributed by atoms with E-state index in [-0.39, 0.29) is 5.69 Å². The number of aryl methyl sites for hydroxylation is 4. The maximum absolute atomic E-state index is 13.2. The van der Waals surface area contributed by atoms with Gasteiger partial charge in [0.25, 0.3) is 5.91 Å². The molecule has 3 aromatic carbocycles. The average molecular weight is 489 g/mol. The Morgan fingerprint density at radius 2 is 1.46 bits per heavy atom. The molecule has 0 atom stereocenters. The van der Waals surface area contributed by atoms with Gasteiger partial charge < -0.3 is 10.6 Å². The van der Waals surface area contributed by atoms with Crippen LogP contribution in [0.3, 0.4) is 0 Å². The van der Waals surface area contributed by atoms with Gasteiger partial charge in [-0.15, -0.1) is 0 Å². The summed E-state index contributed by atoms with van der Waals surface area (Å²) in [5.74, 6) is -2.22. The molecule has 0 aliphatic heterocycles. The van der Waals surface area contributed by atoms with Crippen LogP contribution in [0.25, 0.3) is 10.9 Å². The molecular weight excluding hydrogens is 464 g/mol. The predicted octanol–water partition coefficient (Wildman–Crippen LogP) is 5.49. The topological polar surface area (TPSA) is 92.2 Å². The van der Waals surface area contributed by atoms with Crippen molar-refractivity contribution in [3.05, 3.63) is 93.6 Å². The molecule has 35 heavy (non-hydrogen) atoms. The van der Waals surface area contributed by atoms with Crippen LogP contribution in [0.15, 0.2) is 60.7 Å². The predicted molar refractivity (Wildman–Crippen MR) is 140 cm³/mol. The Bertz CT molecular complexity index is 1470. The fraction of sp³-hybridized carbons (Fsp3) is 0.148. The van der Waals surface area contributed by atoms with Crippen LogP contribution in [0.2, 0.25) is 5.02 Å². The number of rotatable bonds is 4. The van der Waals surface area contributed by atoms with Crippen molar-refractivity contribution in [2.24, 2.45) is 0 Å². The molecule has 4 rings (SSSR count). The van der Waals surface area contributed by atoms with E-state index in [2.05, 4.69) is 16.1 Å². The fourth-order valence-corrected chi connectivity index (χ4v) is 4.18. The van der Waals surface area contributed by atoms with Crippen molar-refractivity contribution in [2.75, 3.05) is 16.1 Å². The van der Waals surface area contributed by atoms with Gasteiger partial charge in [0.15, 0.2) is 0 Å². The Hall–Kier alpha value is -4.10. The lowest BCUT2D eigenvalue weighted by molar-refractivity contribution is -0.133. The zero-order valence-electron chi connectivity index (χ0n) is 19.8. The first kappa shape index (κ1) is 24.0. The minimum Gasteiger partial charge on any atom is -0.320 e. The number of benzene rings is 3. The zero-order valence-corrected chi connectivity index (χ0v) is 20.6. The number of hydrogen-bond donors (Lipinski definition) is 3. The lowest BCUT2D eigenvalue weighted by Gasteiger charge is -2.14. The molecule has 0 aliphatic rings. The molecule has 4 aromatic rings. The van der Waals surface area contributed by atoms with Crippen LogP contribution in [0.5, 0.6) is 0 Å². The summed E-state index contributed by atoms with van der Waals surface area (Å²) in [6, 6.07) is 17.8. The summed E-state index contributed by atoms with van der Waals surface area (Å²) in [6.07, 6.45) is 0. The molecule has 0 spiro atoms. The molecule has 8 heteroatoms. The monoisotopic (exact) mass is 488 g/mol. The fourth-order valence-electron chi connectivity index (χ4n) is 4.00. The summed E-state index contributed by atoms with van der Waals surface area (Å²) in [7, 11) is 0. The van der Waals surface area contributed by atoms with Crippen molar-refractivity contribution in [2.45, 2.75) is 27.7 Å². The highest BCUT2D eigenvalue weighted by atomic mass is 35.5. The van der Waals surface area contributed by atoms with Crippen molar-refractivity contribution >= 4 is 51.6 Å². The van der Waals surface area contributed by atoms with Gasteiger partial charge in [-0.25, -0.2) is 4.68 Å². The van der Waals surface area contributed by atoms with Crippen molar-refractivity contribution in [1.82, 2.24) is 4.68 Å². The van der Waals surface area contributed by atoms with Gasteiger partial charge >= 0.3 is 11.8 Å². The van der Waals surface area contributed by atoms with E-state index in [1.54, 1.807) is 36.4 Å². The Morgan fingerprint density at radius 1 is 0.743 bits per heavy atom. The van der Waals surface area contributed by atoms with Crippen molar-refractivity contribution in [3.63, 3.8) is 0 Å². The van der Waals surface area contributed by atoms with E-state index in [9.17, 15) is 14.4 Å². The molecule has 0 radical (unpaired) electrons. The molecule has 3 N–H and O–H groups in total. The van der Waals surface area contributed by atoms with Gasteiger partial charge in [-0.1, -0.05) is 35.4 Å². The third kappa shape index (κ3) is 5.36. The van der Waals surface area contributed by atoms with Crippen LogP contribution in [-0.4, -0.2) is 22.4 Å².